The number of nitrogens with zero attached hydrogens (tertiary/aromatic N) is 3. The molecule has 0 bridgehead atoms. The minimum absolute atomic E-state index is 0.484. The molecule has 0 unspecified atom stereocenters. The lowest BCUT2D eigenvalue weighted by Crippen LogP contribution is -2.06. The van der Waals surface area contributed by atoms with Crippen LogP contribution in [0.4, 0.5) is 0 Å². The summed E-state index contributed by atoms with van der Waals surface area (Å²) in [5.74, 6) is 1.93. The van der Waals surface area contributed by atoms with E-state index in [0.29, 0.717) is 11.8 Å². The van der Waals surface area contributed by atoms with Crippen molar-refractivity contribution in [1.29, 1.82) is 0 Å². The number of pyridine rings is 1. The molecular weight excluding hydrogens is 214 g/mol. The first-order valence-corrected chi connectivity index (χ1v) is 6.17. The van der Waals surface area contributed by atoms with Crippen LogP contribution in [0.5, 0.6) is 0 Å². The summed E-state index contributed by atoms with van der Waals surface area (Å²) in [5.41, 5.74) is 0.891. The van der Waals surface area contributed by atoms with Crippen LogP contribution in [0.25, 0.3) is 11.5 Å². The molecule has 0 amide bonds. The molecule has 0 atom stereocenters. The molecule has 4 heteroatoms. The summed E-state index contributed by atoms with van der Waals surface area (Å²) >= 11 is 0. The van der Waals surface area contributed by atoms with E-state index in [1.54, 1.807) is 12.4 Å². The van der Waals surface area contributed by atoms with E-state index in [9.17, 15) is 0 Å². The lowest BCUT2D eigenvalue weighted by atomic mass is 9.89. The average Bonchev–Trinajstić information content (AvgIpc) is 2.90. The highest BCUT2D eigenvalue weighted by Crippen LogP contribution is 2.31. The minimum Gasteiger partial charge on any atom is -0.334 e. The summed E-state index contributed by atoms with van der Waals surface area (Å²) in [6, 6.07) is 3.81. The van der Waals surface area contributed by atoms with Crippen molar-refractivity contribution >= 4 is 0 Å². The zero-order chi connectivity index (χ0) is 11.5. The predicted octanol–water partition coefficient (Wildman–Crippen LogP) is 3.18. The van der Waals surface area contributed by atoms with Gasteiger partial charge in [-0.15, -0.1) is 0 Å². The Morgan fingerprint density at radius 3 is 2.82 bits per heavy atom. The van der Waals surface area contributed by atoms with Gasteiger partial charge in [-0.1, -0.05) is 24.4 Å². The highest BCUT2D eigenvalue weighted by atomic mass is 16.5. The summed E-state index contributed by atoms with van der Waals surface area (Å²) in [6.45, 7) is 0. The van der Waals surface area contributed by atoms with Crippen LogP contribution in [-0.2, 0) is 0 Å². The number of aromatic nitrogens is 3. The van der Waals surface area contributed by atoms with Gasteiger partial charge in [-0.3, -0.25) is 4.98 Å². The average molecular weight is 229 g/mol. The third-order valence-corrected chi connectivity index (χ3v) is 3.32. The Morgan fingerprint density at radius 1 is 1.18 bits per heavy atom. The first-order chi connectivity index (χ1) is 8.43. The van der Waals surface area contributed by atoms with E-state index < -0.39 is 0 Å². The zero-order valence-electron chi connectivity index (χ0n) is 9.67. The van der Waals surface area contributed by atoms with Crippen molar-refractivity contribution in [3.05, 3.63) is 30.4 Å². The van der Waals surface area contributed by atoms with E-state index in [1.165, 1.54) is 32.1 Å². The van der Waals surface area contributed by atoms with Crippen LogP contribution in [0.1, 0.15) is 43.8 Å². The Morgan fingerprint density at radius 2 is 2.06 bits per heavy atom. The molecule has 4 nitrogen and oxygen atoms in total. The molecule has 1 aliphatic rings. The minimum atomic E-state index is 0.484. The quantitative estimate of drug-likeness (QED) is 0.793. The molecule has 1 fully saturated rings. The molecule has 1 aliphatic carbocycles. The summed E-state index contributed by atoms with van der Waals surface area (Å²) in [4.78, 5) is 8.54. The SMILES string of the molecule is c1cncc(-c2nc(C3CCCCC3)no2)c1. The summed E-state index contributed by atoms with van der Waals surface area (Å²) < 4.78 is 5.30. The Balaban J connectivity index is 1.83. The van der Waals surface area contributed by atoms with Gasteiger partial charge in [0, 0.05) is 18.3 Å². The molecule has 0 saturated heterocycles. The predicted molar refractivity (Wildman–Crippen MR) is 63.4 cm³/mol. The van der Waals surface area contributed by atoms with Crippen molar-refractivity contribution < 1.29 is 4.52 Å². The second-order valence-electron chi connectivity index (χ2n) is 4.53. The van der Waals surface area contributed by atoms with Crippen LogP contribution in [0.3, 0.4) is 0 Å². The molecule has 3 rings (SSSR count). The maximum atomic E-state index is 5.30. The van der Waals surface area contributed by atoms with E-state index >= 15 is 0 Å². The molecule has 2 aromatic rings. The Hall–Kier alpha value is -1.71. The third kappa shape index (κ3) is 2.20. The molecule has 2 heterocycles. The summed E-state index contributed by atoms with van der Waals surface area (Å²) in [7, 11) is 0. The molecule has 2 aromatic heterocycles. The maximum Gasteiger partial charge on any atom is 0.259 e. The van der Waals surface area contributed by atoms with Gasteiger partial charge in [0.05, 0.1) is 5.56 Å². The monoisotopic (exact) mass is 229 g/mol. The van der Waals surface area contributed by atoms with Gasteiger partial charge < -0.3 is 4.52 Å². The molecule has 1 saturated carbocycles. The standard InChI is InChI=1S/C13H15N3O/c1-2-5-10(6-3-1)12-15-13(17-16-12)11-7-4-8-14-9-11/h4,7-10H,1-3,5-6H2. The van der Waals surface area contributed by atoms with E-state index in [0.717, 1.165) is 11.4 Å². The second kappa shape index (κ2) is 4.65. The number of hydrogen-bond donors (Lipinski definition) is 0. The molecule has 88 valence electrons. The van der Waals surface area contributed by atoms with Gasteiger partial charge in [0.1, 0.15) is 0 Å². The zero-order valence-corrected chi connectivity index (χ0v) is 9.67. The smallest absolute Gasteiger partial charge is 0.259 e. The van der Waals surface area contributed by atoms with Crippen LogP contribution in [-0.4, -0.2) is 15.1 Å². The third-order valence-electron chi connectivity index (χ3n) is 3.32. The number of rotatable bonds is 2. The van der Waals surface area contributed by atoms with Crippen LogP contribution in [0.2, 0.25) is 0 Å². The van der Waals surface area contributed by atoms with Crippen LogP contribution >= 0.6 is 0 Å². The van der Waals surface area contributed by atoms with Crippen molar-refractivity contribution in [3.63, 3.8) is 0 Å². The normalized spacial score (nSPS) is 17.2. The Kier molecular flexibility index (Phi) is 2.86. The van der Waals surface area contributed by atoms with Crippen molar-refractivity contribution in [2.75, 3.05) is 0 Å². The largest absolute Gasteiger partial charge is 0.334 e. The fraction of sp³-hybridized carbons (Fsp3) is 0.462. The van der Waals surface area contributed by atoms with Gasteiger partial charge in [0.15, 0.2) is 5.82 Å². The molecule has 0 radical (unpaired) electrons. The lowest BCUT2D eigenvalue weighted by Gasteiger charge is -2.17. The number of hydrogen-bond acceptors (Lipinski definition) is 4. The topological polar surface area (TPSA) is 51.8 Å². The van der Waals surface area contributed by atoms with Gasteiger partial charge in [-0.2, -0.15) is 4.98 Å². The van der Waals surface area contributed by atoms with E-state index in [2.05, 4.69) is 15.1 Å². The first kappa shape index (κ1) is 10.4. The van der Waals surface area contributed by atoms with Crippen molar-refractivity contribution in [2.24, 2.45) is 0 Å². The maximum absolute atomic E-state index is 5.30. The van der Waals surface area contributed by atoms with Gasteiger partial charge in [0.2, 0.25) is 0 Å². The molecule has 0 aliphatic heterocycles. The molecular formula is C13H15N3O. The summed E-state index contributed by atoms with van der Waals surface area (Å²) in [6.07, 6.45) is 9.75. The van der Waals surface area contributed by atoms with Crippen molar-refractivity contribution in [2.45, 2.75) is 38.0 Å². The highest BCUT2D eigenvalue weighted by Gasteiger charge is 2.21. The molecule has 0 N–H and O–H groups in total. The van der Waals surface area contributed by atoms with Crippen LogP contribution in [0.15, 0.2) is 29.0 Å². The first-order valence-electron chi connectivity index (χ1n) is 6.17. The highest BCUT2D eigenvalue weighted by molar-refractivity contribution is 5.50. The van der Waals surface area contributed by atoms with E-state index in [1.807, 2.05) is 12.1 Å². The fourth-order valence-corrected chi connectivity index (χ4v) is 2.37. The summed E-state index contributed by atoms with van der Waals surface area (Å²) in [5, 5.41) is 4.10. The van der Waals surface area contributed by atoms with Crippen molar-refractivity contribution in [1.82, 2.24) is 15.1 Å². The second-order valence-corrected chi connectivity index (χ2v) is 4.53. The lowest BCUT2D eigenvalue weighted by molar-refractivity contribution is 0.385. The Labute approximate surface area is 100 Å². The van der Waals surface area contributed by atoms with Gasteiger partial charge >= 0.3 is 0 Å². The van der Waals surface area contributed by atoms with Crippen LogP contribution < -0.4 is 0 Å². The fourth-order valence-electron chi connectivity index (χ4n) is 2.37. The molecule has 17 heavy (non-hydrogen) atoms. The van der Waals surface area contributed by atoms with E-state index in [-0.39, 0.29) is 0 Å². The van der Waals surface area contributed by atoms with Gasteiger partial charge in [0.25, 0.3) is 5.89 Å². The Bertz CT molecular complexity index is 474. The van der Waals surface area contributed by atoms with Crippen molar-refractivity contribution in [3.8, 4) is 11.5 Å². The molecule has 0 aromatic carbocycles. The molecule has 0 spiro atoms. The van der Waals surface area contributed by atoms with Gasteiger partial charge in [-0.25, -0.2) is 0 Å². The van der Waals surface area contributed by atoms with Crippen LogP contribution in [0, 0.1) is 0 Å². The van der Waals surface area contributed by atoms with E-state index in [4.69, 9.17) is 4.52 Å². The van der Waals surface area contributed by atoms with Gasteiger partial charge in [-0.05, 0) is 25.0 Å².